The summed E-state index contributed by atoms with van der Waals surface area (Å²) < 4.78 is 6.55. The first-order valence-electron chi connectivity index (χ1n) is 6.03. The van der Waals surface area contributed by atoms with Crippen LogP contribution in [0.5, 0.6) is 0 Å². The first kappa shape index (κ1) is 11.6. The Morgan fingerprint density at radius 1 is 1.32 bits per heavy atom. The van der Waals surface area contributed by atoms with Crippen LogP contribution in [0.2, 0.25) is 0 Å². The highest BCUT2D eigenvalue weighted by molar-refractivity contribution is 5.76. The number of fused-ring (bicyclic) bond motifs is 1. The van der Waals surface area contributed by atoms with E-state index < -0.39 is 0 Å². The summed E-state index contributed by atoms with van der Waals surface area (Å²) in [5.74, 6) is 1.05. The molecule has 6 nitrogen and oxygen atoms in total. The third-order valence-electron chi connectivity index (χ3n) is 2.86. The molecule has 0 aliphatic rings. The molecule has 0 aliphatic carbocycles. The summed E-state index contributed by atoms with van der Waals surface area (Å²) >= 11 is 0. The third-order valence-corrected chi connectivity index (χ3v) is 2.86. The molecular weight excluding hydrogens is 244 g/mol. The number of hydrogen-bond acceptors (Lipinski definition) is 5. The normalized spacial score (nSPS) is 11.0. The molecule has 0 radical (unpaired) electrons. The van der Waals surface area contributed by atoms with E-state index in [0.717, 1.165) is 0 Å². The molecule has 6 heteroatoms. The Kier molecular flexibility index (Phi) is 2.83. The molecule has 96 valence electrons. The number of para-hydroxylation sites is 1. The average molecular weight is 256 g/mol. The number of nitrogens with zero attached hydrogens (tertiary/aromatic N) is 4. The van der Waals surface area contributed by atoms with Gasteiger partial charge in [-0.2, -0.15) is 4.98 Å². The Balaban J connectivity index is 2.01. The molecular formula is C13H12N4O2. The standard InChI is InChI=1S/C13H12N4O2/c1-2-11-15-12(19-16-11)7-17-8-14-10-6-4-3-5-9(10)13(17)18/h3-6,8H,2,7H2,1H3. The maximum atomic E-state index is 12.2. The van der Waals surface area contributed by atoms with E-state index in [1.165, 1.54) is 10.9 Å². The lowest BCUT2D eigenvalue weighted by Gasteiger charge is -2.02. The lowest BCUT2D eigenvalue weighted by Crippen LogP contribution is -2.21. The first-order valence-corrected chi connectivity index (χ1v) is 6.03. The van der Waals surface area contributed by atoms with E-state index in [-0.39, 0.29) is 12.1 Å². The minimum absolute atomic E-state index is 0.109. The van der Waals surface area contributed by atoms with E-state index in [4.69, 9.17) is 4.52 Å². The minimum atomic E-state index is -0.109. The number of aromatic nitrogens is 4. The van der Waals surface area contributed by atoms with Crippen LogP contribution in [-0.2, 0) is 13.0 Å². The van der Waals surface area contributed by atoms with Gasteiger partial charge < -0.3 is 4.52 Å². The molecule has 0 bridgehead atoms. The van der Waals surface area contributed by atoms with Crippen LogP contribution >= 0.6 is 0 Å². The zero-order valence-electron chi connectivity index (χ0n) is 10.4. The summed E-state index contributed by atoms with van der Waals surface area (Å²) in [6.45, 7) is 2.18. The van der Waals surface area contributed by atoms with Crippen LogP contribution in [-0.4, -0.2) is 19.7 Å². The minimum Gasteiger partial charge on any atom is -0.337 e. The maximum absolute atomic E-state index is 12.2. The van der Waals surface area contributed by atoms with Crippen molar-refractivity contribution in [1.82, 2.24) is 19.7 Å². The van der Waals surface area contributed by atoms with Crippen molar-refractivity contribution in [2.45, 2.75) is 19.9 Å². The van der Waals surface area contributed by atoms with Crippen LogP contribution in [0.15, 0.2) is 39.9 Å². The van der Waals surface area contributed by atoms with Gasteiger partial charge in [-0.15, -0.1) is 0 Å². The summed E-state index contributed by atoms with van der Waals surface area (Å²) in [4.78, 5) is 20.7. The summed E-state index contributed by atoms with van der Waals surface area (Å²) in [6, 6.07) is 7.23. The Hall–Kier alpha value is -2.50. The van der Waals surface area contributed by atoms with Crippen molar-refractivity contribution in [3.05, 3.63) is 52.7 Å². The van der Waals surface area contributed by atoms with Gasteiger partial charge in [-0.25, -0.2) is 4.98 Å². The lowest BCUT2D eigenvalue weighted by molar-refractivity contribution is 0.365. The molecule has 0 saturated heterocycles. The van der Waals surface area contributed by atoms with Gasteiger partial charge in [-0.05, 0) is 12.1 Å². The Labute approximate surface area is 108 Å². The zero-order chi connectivity index (χ0) is 13.2. The molecule has 0 unspecified atom stereocenters. The van der Waals surface area contributed by atoms with E-state index in [9.17, 15) is 4.79 Å². The van der Waals surface area contributed by atoms with Crippen LogP contribution in [0.3, 0.4) is 0 Å². The SMILES string of the molecule is CCc1noc(Cn2cnc3ccccc3c2=O)n1. The number of hydrogen-bond donors (Lipinski definition) is 0. The highest BCUT2D eigenvalue weighted by Gasteiger charge is 2.08. The van der Waals surface area contributed by atoms with E-state index in [2.05, 4.69) is 15.1 Å². The smallest absolute Gasteiger partial charge is 0.261 e. The van der Waals surface area contributed by atoms with Crippen LogP contribution < -0.4 is 5.56 Å². The molecule has 1 aromatic carbocycles. The van der Waals surface area contributed by atoms with Crippen molar-refractivity contribution < 1.29 is 4.52 Å². The van der Waals surface area contributed by atoms with E-state index in [0.29, 0.717) is 29.0 Å². The molecule has 2 aromatic heterocycles. The molecule has 3 rings (SSSR count). The fraction of sp³-hybridized carbons (Fsp3) is 0.231. The molecule has 0 spiro atoms. The van der Waals surface area contributed by atoms with Gasteiger partial charge in [0.2, 0.25) is 5.89 Å². The number of rotatable bonds is 3. The van der Waals surface area contributed by atoms with Gasteiger partial charge in [0.05, 0.1) is 17.2 Å². The van der Waals surface area contributed by atoms with Gasteiger partial charge in [0.25, 0.3) is 5.56 Å². The van der Waals surface area contributed by atoms with E-state index in [1.54, 1.807) is 6.07 Å². The number of aryl methyl sites for hydroxylation is 1. The number of benzene rings is 1. The second-order valence-electron chi connectivity index (χ2n) is 4.15. The molecule has 0 atom stereocenters. The van der Waals surface area contributed by atoms with Crippen molar-refractivity contribution in [2.75, 3.05) is 0 Å². The summed E-state index contributed by atoms with van der Waals surface area (Å²) in [7, 11) is 0. The predicted octanol–water partition coefficient (Wildman–Crippen LogP) is 1.39. The van der Waals surface area contributed by atoms with Crippen molar-refractivity contribution in [1.29, 1.82) is 0 Å². The molecule has 0 amide bonds. The quantitative estimate of drug-likeness (QED) is 0.708. The summed E-state index contributed by atoms with van der Waals surface area (Å²) in [6.07, 6.45) is 2.20. The van der Waals surface area contributed by atoms with Crippen LogP contribution in [0.25, 0.3) is 10.9 Å². The van der Waals surface area contributed by atoms with E-state index >= 15 is 0 Å². The largest absolute Gasteiger partial charge is 0.337 e. The molecule has 0 aliphatic heterocycles. The van der Waals surface area contributed by atoms with Gasteiger partial charge in [-0.1, -0.05) is 24.2 Å². The Morgan fingerprint density at radius 2 is 2.16 bits per heavy atom. The first-order chi connectivity index (χ1) is 9.28. The molecule has 2 heterocycles. The molecule has 0 saturated carbocycles. The van der Waals surface area contributed by atoms with Crippen LogP contribution in [0.1, 0.15) is 18.6 Å². The summed E-state index contributed by atoms with van der Waals surface area (Å²) in [5.41, 5.74) is 0.574. The average Bonchev–Trinajstić information content (AvgIpc) is 2.90. The molecule has 0 N–H and O–H groups in total. The van der Waals surface area contributed by atoms with Crippen molar-refractivity contribution in [3.8, 4) is 0 Å². The van der Waals surface area contributed by atoms with Crippen LogP contribution in [0, 0.1) is 0 Å². The van der Waals surface area contributed by atoms with Crippen molar-refractivity contribution >= 4 is 10.9 Å². The fourth-order valence-corrected chi connectivity index (χ4v) is 1.86. The fourth-order valence-electron chi connectivity index (χ4n) is 1.86. The van der Waals surface area contributed by atoms with Gasteiger partial charge in [-0.3, -0.25) is 9.36 Å². The molecule has 3 aromatic rings. The van der Waals surface area contributed by atoms with Crippen LogP contribution in [0.4, 0.5) is 0 Å². The molecule has 0 fully saturated rings. The van der Waals surface area contributed by atoms with Gasteiger partial charge in [0, 0.05) is 6.42 Å². The van der Waals surface area contributed by atoms with Gasteiger partial charge in [0.15, 0.2) is 5.82 Å². The topological polar surface area (TPSA) is 73.8 Å². The Bertz CT molecular complexity index is 775. The third kappa shape index (κ3) is 2.12. The van der Waals surface area contributed by atoms with Crippen molar-refractivity contribution in [2.24, 2.45) is 0 Å². The maximum Gasteiger partial charge on any atom is 0.261 e. The second kappa shape index (κ2) is 4.64. The van der Waals surface area contributed by atoms with Gasteiger partial charge >= 0.3 is 0 Å². The highest BCUT2D eigenvalue weighted by atomic mass is 16.5. The Morgan fingerprint density at radius 3 is 2.95 bits per heavy atom. The lowest BCUT2D eigenvalue weighted by atomic mass is 10.2. The second-order valence-corrected chi connectivity index (χ2v) is 4.15. The van der Waals surface area contributed by atoms with Crippen molar-refractivity contribution in [3.63, 3.8) is 0 Å². The zero-order valence-corrected chi connectivity index (χ0v) is 10.4. The predicted molar refractivity (Wildman–Crippen MR) is 68.8 cm³/mol. The van der Waals surface area contributed by atoms with Gasteiger partial charge in [0.1, 0.15) is 6.54 Å². The summed E-state index contributed by atoms with van der Waals surface area (Å²) in [5, 5.41) is 4.38. The monoisotopic (exact) mass is 256 g/mol. The van der Waals surface area contributed by atoms with E-state index in [1.807, 2.05) is 25.1 Å². The molecule has 19 heavy (non-hydrogen) atoms. The highest BCUT2D eigenvalue weighted by Crippen LogP contribution is 2.06.